The Morgan fingerprint density at radius 3 is 2.12 bits per heavy atom. The normalized spacial score (nSPS) is 25.6. The molecule has 1 heterocycles. The minimum Gasteiger partial charge on any atom is -0.314 e. The molecule has 0 spiro atoms. The predicted octanol–water partition coefficient (Wildman–Crippen LogP) is 3.03. The molecule has 2 fully saturated rings. The summed E-state index contributed by atoms with van der Waals surface area (Å²) in [7, 11) is 0. The van der Waals surface area contributed by atoms with Crippen LogP contribution in [0.25, 0.3) is 0 Å². The van der Waals surface area contributed by atoms with Crippen molar-refractivity contribution < 1.29 is 0 Å². The lowest BCUT2D eigenvalue weighted by Gasteiger charge is -2.41. The third kappa shape index (κ3) is 3.96. The number of likely N-dealkylation sites (tertiary alicyclic amines) is 1. The van der Waals surface area contributed by atoms with Crippen LogP contribution in [0.5, 0.6) is 0 Å². The zero-order valence-electron chi connectivity index (χ0n) is 12.0. The standard InChI is InChI=1S/C15H30N2/c1-15(2,3)17-10-8-14(9-11-17)16-12-13-6-4-5-7-13/h13-14,16H,4-12H2,1-3H3. The molecule has 2 aliphatic rings. The summed E-state index contributed by atoms with van der Waals surface area (Å²) in [6.45, 7) is 10.8. The first-order valence-corrected chi connectivity index (χ1v) is 7.54. The molecule has 1 aliphatic carbocycles. The summed E-state index contributed by atoms with van der Waals surface area (Å²) in [6, 6.07) is 0.786. The number of nitrogens with one attached hydrogen (secondary N) is 1. The van der Waals surface area contributed by atoms with Crippen molar-refractivity contribution in [1.82, 2.24) is 10.2 Å². The fourth-order valence-corrected chi connectivity index (χ4v) is 3.30. The molecule has 1 aliphatic heterocycles. The van der Waals surface area contributed by atoms with Gasteiger partial charge in [-0.2, -0.15) is 0 Å². The van der Waals surface area contributed by atoms with Crippen molar-refractivity contribution in [3.05, 3.63) is 0 Å². The zero-order valence-corrected chi connectivity index (χ0v) is 12.0. The molecule has 2 heteroatoms. The average molecular weight is 238 g/mol. The van der Waals surface area contributed by atoms with Crippen LogP contribution in [0.2, 0.25) is 0 Å². The zero-order chi connectivity index (χ0) is 12.3. The first-order valence-electron chi connectivity index (χ1n) is 7.54. The van der Waals surface area contributed by atoms with Crippen LogP contribution in [0.15, 0.2) is 0 Å². The van der Waals surface area contributed by atoms with Gasteiger partial charge < -0.3 is 5.32 Å². The Morgan fingerprint density at radius 2 is 1.59 bits per heavy atom. The van der Waals surface area contributed by atoms with Crippen LogP contribution in [0, 0.1) is 5.92 Å². The van der Waals surface area contributed by atoms with Crippen LogP contribution in [0.1, 0.15) is 59.3 Å². The Morgan fingerprint density at radius 1 is 1.00 bits per heavy atom. The van der Waals surface area contributed by atoms with E-state index in [2.05, 4.69) is 31.0 Å². The molecule has 0 unspecified atom stereocenters. The van der Waals surface area contributed by atoms with Gasteiger partial charge >= 0.3 is 0 Å². The minimum atomic E-state index is 0.358. The van der Waals surface area contributed by atoms with E-state index in [0.717, 1.165) is 12.0 Å². The number of hydrogen-bond acceptors (Lipinski definition) is 2. The van der Waals surface area contributed by atoms with E-state index in [1.807, 2.05) is 0 Å². The predicted molar refractivity (Wildman–Crippen MR) is 74.3 cm³/mol. The molecular formula is C15H30N2. The maximum atomic E-state index is 3.81. The smallest absolute Gasteiger partial charge is 0.0125 e. The summed E-state index contributed by atoms with van der Waals surface area (Å²) in [5.74, 6) is 0.982. The van der Waals surface area contributed by atoms with Gasteiger partial charge in [0.1, 0.15) is 0 Å². The number of piperidine rings is 1. The van der Waals surface area contributed by atoms with Crippen LogP contribution in [-0.4, -0.2) is 36.1 Å². The lowest BCUT2D eigenvalue weighted by atomic mass is 9.97. The van der Waals surface area contributed by atoms with Crippen LogP contribution in [-0.2, 0) is 0 Å². The average Bonchev–Trinajstić information content (AvgIpc) is 2.78. The van der Waals surface area contributed by atoms with E-state index >= 15 is 0 Å². The summed E-state index contributed by atoms with van der Waals surface area (Å²) in [5, 5.41) is 3.81. The maximum Gasteiger partial charge on any atom is 0.0125 e. The number of rotatable bonds is 3. The fourth-order valence-electron chi connectivity index (χ4n) is 3.30. The first-order chi connectivity index (χ1) is 8.05. The van der Waals surface area contributed by atoms with Crippen molar-refractivity contribution >= 4 is 0 Å². The molecule has 0 aromatic heterocycles. The van der Waals surface area contributed by atoms with Gasteiger partial charge in [0.05, 0.1) is 0 Å². The van der Waals surface area contributed by atoms with Crippen molar-refractivity contribution in [2.24, 2.45) is 5.92 Å². The highest BCUT2D eigenvalue weighted by molar-refractivity contribution is 4.85. The summed E-state index contributed by atoms with van der Waals surface area (Å²) >= 11 is 0. The molecule has 0 aromatic carbocycles. The van der Waals surface area contributed by atoms with Gasteiger partial charge in [-0.3, -0.25) is 4.90 Å². The molecule has 2 nitrogen and oxygen atoms in total. The van der Waals surface area contributed by atoms with E-state index < -0.39 is 0 Å². The monoisotopic (exact) mass is 238 g/mol. The fraction of sp³-hybridized carbons (Fsp3) is 1.00. The van der Waals surface area contributed by atoms with E-state index in [0.29, 0.717) is 5.54 Å². The van der Waals surface area contributed by atoms with Gasteiger partial charge in [-0.25, -0.2) is 0 Å². The van der Waals surface area contributed by atoms with Gasteiger partial charge in [0, 0.05) is 24.7 Å². The van der Waals surface area contributed by atoms with Crippen molar-refractivity contribution in [1.29, 1.82) is 0 Å². The molecule has 0 amide bonds. The van der Waals surface area contributed by atoms with Gasteiger partial charge in [0.2, 0.25) is 0 Å². The maximum absolute atomic E-state index is 3.81. The second-order valence-corrected chi connectivity index (χ2v) is 6.99. The third-order valence-electron chi connectivity index (χ3n) is 4.61. The molecule has 0 atom stereocenters. The van der Waals surface area contributed by atoms with Crippen LogP contribution in [0.4, 0.5) is 0 Å². The van der Waals surface area contributed by atoms with E-state index in [-0.39, 0.29) is 0 Å². The molecule has 1 saturated carbocycles. The van der Waals surface area contributed by atoms with Gasteiger partial charge in [-0.15, -0.1) is 0 Å². The highest BCUT2D eigenvalue weighted by atomic mass is 15.2. The Bertz CT molecular complexity index is 218. The van der Waals surface area contributed by atoms with Crippen molar-refractivity contribution in [2.45, 2.75) is 70.9 Å². The second kappa shape index (κ2) is 5.71. The summed E-state index contributed by atoms with van der Waals surface area (Å²) < 4.78 is 0. The second-order valence-electron chi connectivity index (χ2n) is 6.99. The van der Waals surface area contributed by atoms with Gasteiger partial charge in [-0.05, 0) is 58.9 Å². The quantitative estimate of drug-likeness (QED) is 0.813. The Balaban J connectivity index is 1.65. The largest absolute Gasteiger partial charge is 0.314 e. The molecule has 0 bridgehead atoms. The molecular weight excluding hydrogens is 208 g/mol. The van der Waals surface area contributed by atoms with Crippen LogP contribution in [0.3, 0.4) is 0 Å². The molecule has 100 valence electrons. The molecule has 1 saturated heterocycles. The molecule has 17 heavy (non-hydrogen) atoms. The highest BCUT2D eigenvalue weighted by Crippen LogP contribution is 2.25. The van der Waals surface area contributed by atoms with Crippen molar-refractivity contribution in [3.63, 3.8) is 0 Å². The van der Waals surface area contributed by atoms with E-state index in [4.69, 9.17) is 0 Å². The molecule has 2 rings (SSSR count). The first kappa shape index (κ1) is 13.4. The Hall–Kier alpha value is -0.0800. The van der Waals surface area contributed by atoms with Crippen LogP contribution < -0.4 is 5.32 Å². The third-order valence-corrected chi connectivity index (χ3v) is 4.61. The highest BCUT2D eigenvalue weighted by Gasteiger charge is 2.27. The molecule has 1 N–H and O–H groups in total. The summed E-state index contributed by atoms with van der Waals surface area (Å²) in [5.41, 5.74) is 0.358. The summed E-state index contributed by atoms with van der Waals surface area (Å²) in [6.07, 6.45) is 8.54. The Kier molecular flexibility index (Phi) is 4.48. The molecule has 0 radical (unpaired) electrons. The van der Waals surface area contributed by atoms with Crippen LogP contribution >= 0.6 is 0 Å². The van der Waals surface area contributed by atoms with E-state index in [1.54, 1.807) is 0 Å². The van der Waals surface area contributed by atoms with E-state index in [9.17, 15) is 0 Å². The van der Waals surface area contributed by atoms with Gasteiger partial charge in [0.25, 0.3) is 0 Å². The SMILES string of the molecule is CC(C)(C)N1CCC(NCC2CCCC2)CC1. The number of hydrogen-bond donors (Lipinski definition) is 1. The Labute approximate surface area is 107 Å². The van der Waals surface area contributed by atoms with Gasteiger partial charge in [-0.1, -0.05) is 12.8 Å². The van der Waals surface area contributed by atoms with Crippen molar-refractivity contribution in [3.8, 4) is 0 Å². The lowest BCUT2D eigenvalue weighted by Crippen LogP contribution is -2.50. The topological polar surface area (TPSA) is 15.3 Å². The molecule has 0 aromatic rings. The number of nitrogens with zero attached hydrogens (tertiary/aromatic N) is 1. The lowest BCUT2D eigenvalue weighted by molar-refractivity contribution is 0.0955. The van der Waals surface area contributed by atoms with E-state index in [1.165, 1.54) is 58.2 Å². The summed E-state index contributed by atoms with van der Waals surface area (Å²) in [4.78, 5) is 2.63. The van der Waals surface area contributed by atoms with Crippen molar-refractivity contribution in [2.75, 3.05) is 19.6 Å². The minimum absolute atomic E-state index is 0.358. The van der Waals surface area contributed by atoms with Gasteiger partial charge in [0.15, 0.2) is 0 Å².